The second kappa shape index (κ2) is 4.99. The minimum atomic E-state index is 0.220. The van der Waals surface area contributed by atoms with E-state index in [2.05, 4.69) is 10.2 Å². The largest absolute Gasteiger partial charge is 0.494 e. The van der Waals surface area contributed by atoms with Crippen molar-refractivity contribution < 1.29 is 9.15 Å². The normalized spacial score (nSPS) is 10.4. The molecule has 2 rings (SSSR count). The van der Waals surface area contributed by atoms with Crippen LogP contribution in [0.4, 0.5) is 0 Å². The first-order valence-electron chi connectivity index (χ1n) is 4.95. The molecule has 0 spiro atoms. The van der Waals surface area contributed by atoms with Gasteiger partial charge < -0.3 is 9.15 Å². The van der Waals surface area contributed by atoms with Gasteiger partial charge in [0, 0.05) is 5.56 Å². The van der Waals surface area contributed by atoms with Crippen molar-refractivity contribution in [3.63, 3.8) is 0 Å². The van der Waals surface area contributed by atoms with Crippen LogP contribution in [0, 0.1) is 0 Å². The van der Waals surface area contributed by atoms with Crippen LogP contribution in [0.3, 0.4) is 0 Å². The van der Waals surface area contributed by atoms with Gasteiger partial charge in [-0.3, -0.25) is 0 Å². The van der Waals surface area contributed by atoms with Crippen LogP contribution in [-0.2, 0) is 5.88 Å². The standard InChI is InChI=1S/C11H11ClN2O2/c1-2-15-9-5-3-4-8(6-9)11-14-13-10(7-12)16-11/h3-6H,2,7H2,1H3. The maximum absolute atomic E-state index is 5.59. The Morgan fingerprint density at radius 3 is 2.94 bits per heavy atom. The van der Waals surface area contributed by atoms with Crippen molar-refractivity contribution in [1.29, 1.82) is 0 Å². The lowest BCUT2D eigenvalue weighted by atomic mass is 10.2. The molecule has 1 heterocycles. The van der Waals surface area contributed by atoms with Crippen molar-refractivity contribution in [2.24, 2.45) is 0 Å². The number of benzene rings is 1. The third-order valence-electron chi connectivity index (χ3n) is 1.97. The lowest BCUT2D eigenvalue weighted by Gasteiger charge is -2.02. The van der Waals surface area contributed by atoms with Crippen LogP contribution in [-0.4, -0.2) is 16.8 Å². The van der Waals surface area contributed by atoms with E-state index in [0.717, 1.165) is 11.3 Å². The third-order valence-corrected chi connectivity index (χ3v) is 2.20. The highest BCUT2D eigenvalue weighted by Gasteiger charge is 2.08. The van der Waals surface area contributed by atoms with Gasteiger partial charge in [-0.1, -0.05) is 6.07 Å². The molecule has 0 saturated carbocycles. The zero-order valence-corrected chi connectivity index (χ0v) is 9.57. The zero-order valence-electron chi connectivity index (χ0n) is 8.81. The SMILES string of the molecule is CCOc1cccc(-c2nnc(CCl)o2)c1. The van der Waals surface area contributed by atoms with Crippen molar-refractivity contribution in [3.05, 3.63) is 30.2 Å². The third kappa shape index (κ3) is 2.33. The molecule has 0 atom stereocenters. The molecule has 0 aliphatic carbocycles. The Morgan fingerprint density at radius 2 is 2.25 bits per heavy atom. The second-order valence-corrected chi connectivity index (χ2v) is 3.36. The summed E-state index contributed by atoms with van der Waals surface area (Å²) in [7, 11) is 0. The maximum atomic E-state index is 5.59. The summed E-state index contributed by atoms with van der Waals surface area (Å²) in [5.74, 6) is 1.87. The van der Waals surface area contributed by atoms with Gasteiger partial charge >= 0.3 is 0 Å². The number of hydrogen-bond acceptors (Lipinski definition) is 4. The number of halogens is 1. The molecular formula is C11H11ClN2O2. The molecule has 0 bridgehead atoms. The van der Waals surface area contributed by atoms with Gasteiger partial charge in [-0.05, 0) is 25.1 Å². The van der Waals surface area contributed by atoms with Gasteiger partial charge in [-0.15, -0.1) is 21.8 Å². The Balaban J connectivity index is 2.28. The van der Waals surface area contributed by atoms with Gasteiger partial charge in [-0.25, -0.2) is 0 Å². The van der Waals surface area contributed by atoms with E-state index >= 15 is 0 Å². The molecule has 0 saturated heterocycles. The minimum Gasteiger partial charge on any atom is -0.494 e. The molecule has 0 unspecified atom stereocenters. The molecular weight excluding hydrogens is 228 g/mol. The molecule has 2 aromatic rings. The van der Waals surface area contributed by atoms with Crippen molar-refractivity contribution in [2.75, 3.05) is 6.61 Å². The summed E-state index contributed by atoms with van der Waals surface area (Å²) in [6.07, 6.45) is 0. The van der Waals surface area contributed by atoms with E-state index < -0.39 is 0 Å². The number of rotatable bonds is 4. The van der Waals surface area contributed by atoms with Crippen molar-refractivity contribution in [2.45, 2.75) is 12.8 Å². The fraction of sp³-hybridized carbons (Fsp3) is 0.273. The number of ether oxygens (including phenoxy) is 1. The Morgan fingerprint density at radius 1 is 1.38 bits per heavy atom. The van der Waals surface area contributed by atoms with E-state index in [-0.39, 0.29) is 5.88 Å². The Kier molecular flexibility index (Phi) is 3.41. The van der Waals surface area contributed by atoms with E-state index in [9.17, 15) is 0 Å². The first-order chi connectivity index (χ1) is 7.83. The molecule has 1 aromatic heterocycles. The summed E-state index contributed by atoms with van der Waals surface area (Å²) in [4.78, 5) is 0. The Labute approximate surface area is 98.2 Å². The molecule has 5 heteroatoms. The summed E-state index contributed by atoms with van der Waals surface area (Å²) in [6.45, 7) is 2.56. The van der Waals surface area contributed by atoms with E-state index in [1.807, 2.05) is 31.2 Å². The van der Waals surface area contributed by atoms with Gasteiger partial charge in [0.15, 0.2) is 0 Å². The fourth-order valence-corrected chi connectivity index (χ4v) is 1.42. The Bertz CT molecular complexity index is 471. The highest BCUT2D eigenvalue weighted by molar-refractivity contribution is 6.16. The number of aromatic nitrogens is 2. The summed E-state index contributed by atoms with van der Waals surface area (Å²) in [5.41, 5.74) is 0.829. The second-order valence-electron chi connectivity index (χ2n) is 3.10. The maximum Gasteiger partial charge on any atom is 0.247 e. The fourth-order valence-electron chi connectivity index (χ4n) is 1.31. The van der Waals surface area contributed by atoms with E-state index in [4.69, 9.17) is 20.8 Å². The number of nitrogens with zero attached hydrogens (tertiary/aromatic N) is 2. The minimum absolute atomic E-state index is 0.220. The van der Waals surface area contributed by atoms with Gasteiger partial charge in [0.1, 0.15) is 11.6 Å². The van der Waals surface area contributed by atoms with Crippen LogP contribution in [0.25, 0.3) is 11.5 Å². The number of hydrogen-bond donors (Lipinski definition) is 0. The predicted octanol–water partition coefficient (Wildman–Crippen LogP) is 2.87. The predicted molar refractivity (Wildman–Crippen MR) is 60.5 cm³/mol. The average Bonchev–Trinajstić information content (AvgIpc) is 2.78. The van der Waals surface area contributed by atoms with Crippen molar-refractivity contribution in [3.8, 4) is 17.2 Å². The zero-order chi connectivity index (χ0) is 11.4. The van der Waals surface area contributed by atoms with E-state index in [1.165, 1.54) is 0 Å². The van der Waals surface area contributed by atoms with Crippen LogP contribution in [0.5, 0.6) is 5.75 Å². The van der Waals surface area contributed by atoms with Gasteiger partial charge in [0.25, 0.3) is 0 Å². The number of alkyl halides is 1. The van der Waals surface area contributed by atoms with Crippen LogP contribution >= 0.6 is 11.6 Å². The van der Waals surface area contributed by atoms with Gasteiger partial charge in [0.05, 0.1) is 6.61 Å². The van der Waals surface area contributed by atoms with Gasteiger partial charge in [-0.2, -0.15) is 0 Å². The smallest absolute Gasteiger partial charge is 0.247 e. The van der Waals surface area contributed by atoms with Crippen LogP contribution in [0.1, 0.15) is 12.8 Å². The molecule has 0 fully saturated rings. The molecule has 1 aromatic carbocycles. The lowest BCUT2D eigenvalue weighted by molar-refractivity contribution is 0.340. The van der Waals surface area contributed by atoms with E-state index in [0.29, 0.717) is 18.4 Å². The summed E-state index contributed by atoms with van der Waals surface area (Å²) in [6, 6.07) is 7.50. The average molecular weight is 239 g/mol. The first kappa shape index (κ1) is 11.0. The van der Waals surface area contributed by atoms with Crippen LogP contribution in [0.2, 0.25) is 0 Å². The molecule has 16 heavy (non-hydrogen) atoms. The monoisotopic (exact) mass is 238 g/mol. The highest BCUT2D eigenvalue weighted by Crippen LogP contribution is 2.23. The summed E-state index contributed by atoms with van der Waals surface area (Å²) >= 11 is 5.59. The summed E-state index contributed by atoms with van der Waals surface area (Å²) < 4.78 is 10.7. The molecule has 0 amide bonds. The van der Waals surface area contributed by atoms with Crippen LogP contribution < -0.4 is 4.74 Å². The van der Waals surface area contributed by atoms with Crippen LogP contribution in [0.15, 0.2) is 28.7 Å². The van der Waals surface area contributed by atoms with Crippen molar-refractivity contribution >= 4 is 11.6 Å². The lowest BCUT2D eigenvalue weighted by Crippen LogP contribution is -1.91. The van der Waals surface area contributed by atoms with Crippen molar-refractivity contribution in [1.82, 2.24) is 10.2 Å². The molecule has 0 aliphatic heterocycles. The van der Waals surface area contributed by atoms with E-state index in [1.54, 1.807) is 0 Å². The summed E-state index contributed by atoms with van der Waals surface area (Å²) in [5, 5.41) is 7.70. The molecule has 0 aliphatic rings. The molecule has 0 radical (unpaired) electrons. The van der Waals surface area contributed by atoms with Gasteiger partial charge in [0.2, 0.25) is 11.8 Å². The molecule has 0 N–H and O–H groups in total. The quantitative estimate of drug-likeness (QED) is 0.769. The molecule has 84 valence electrons. The molecule has 4 nitrogen and oxygen atoms in total. The Hall–Kier alpha value is -1.55. The first-order valence-corrected chi connectivity index (χ1v) is 5.48. The topological polar surface area (TPSA) is 48.2 Å². The highest BCUT2D eigenvalue weighted by atomic mass is 35.5.